The summed E-state index contributed by atoms with van der Waals surface area (Å²) in [4.78, 5) is 23.5. The number of fused-ring (bicyclic) bond motifs is 1. The number of benzene rings is 2. The Morgan fingerprint density at radius 1 is 1.03 bits per heavy atom. The number of rotatable bonds is 3. The molecule has 5 rings (SSSR count). The molecule has 2 amide bonds. The number of carbonyl (C=O) groups is 1. The van der Waals surface area contributed by atoms with Crippen molar-refractivity contribution in [1.82, 2.24) is 19.4 Å². The number of aryl methyl sites for hydroxylation is 1. The molecule has 3 heterocycles. The Hall–Kier alpha value is -4.22. The van der Waals surface area contributed by atoms with Crippen LogP contribution < -0.4 is 10.6 Å². The van der Waals surface area contributed by atoms with E-state index in [9.17, 15) is 22.4 Å². The molecule has 0 saturated carbocycles. The molecule has 1 atom stereocenters. The van der Waals surface area contributed by atoms with Crippen molar-refractivity contribution in [1.29, 1.82) is 0 Å². The lowest BCUT2D eigenvalue weighted by atomic mass is 10.0. The highest BCUT2D eigenvalue weighted by molar-refractivity contribution is 6.01. The van der Waals surface area contributed by atoms with E-state index in [2.05, 4.69) is 9.97 Å². The summed E-state index contributed by atoms with van der Waals surface area (Å²) < 4.78 is 70.5. The molecule has 0 bridgehead atoms. The van der Waals surface area contributed by atoms with Gasteiger partial charge in [-0.25, -0.2) is 23.5 Å². The highest BCUT2D eigenvalue weighted by Crippen LogP contribution is 2.38. The smallest absolute Gasteiger partial charge is 0.383 e. The maximum Gasteiger partial charge on any atom is 0.416 e. The number of hydrogen-bond acceptors (Lipinski definition) is 4. The van der Waals surface area contributed by atoms with Gasteiger partial charge in [-0.15, -0.1) is 0 Å². The topological polar surface area (TPSA) is 80.3 Å². The first kappa shape index (κ1) is 23.5. The lowest BCUT2D eigenvalue weighted by Gasteiger charge is -2.19. The molecule has 186 valence electrons. The third-order valence-corrected chi connectivity index (χ3v) is 6.33. The van der Waals surface area contributed by atoms with Crippen LogP contribution in [-0.2, 0) is 13.2 Å². The zero-order chi connectivity index (χ0) is 25.9. The monoisotopic (exact) mass is 502 g/mol. The Balaban J connectivity index is 1.50. The molecule has 2 aromatic heterocycles. The summed E-state index contributed by atoms with van der Waals surface area (Å²) in [5.41, 5.74) is 6.24. The van der Waals surface area contributed by atoms with Crippen LogP contribution in [0.4, 0.5) is 38.3 Å². The standard InChI is InChI=1S/C24H19F5N6O/c1-33-9-17(20-21(30)31-11-32-22(20)33)16-4-3-15(8-18(16)26)35-10-19(34(2)23(35)36)12-5-13(24(27,28)29)7-14(25)6-12/h3-9,11,19H,10H2,1-2H3,(H2,30,31,32). The van der Waals surface area contributed by atoms with Crippen molar-refractivity contribution >= 4 is 28.6 Å². The minimum Gasteiger partial charge on any atom is -0.383 e. The van der Waals surface area contributed by atoms with Crippen molar-refractivity contribution < 1.29 is 26.7 Å². The molecule has 2 aromatic carbocycles. The maximum absolute atomic E-state index is 15.3. The number of alkyl halides is 3. The van der Waals surface area contributed by atoms with Gasteiger partial charge in [-0.3, -0.25) is 4.90 Å². The van der Waals surface area contributed by atoms with Gasteiger partial charge in [0.05, 0.1) is 23.5 Å². The third kappa shape index (κ3) is 3.78. The average Bonchev–Trinajstić information content (AvgIpc) is 3.30. The number of likely N-dealkylation sites (N-methyl/N-ethyl adjacent to an activating group) is 1. The SMILES string of the molecule is CN1C(=O)N(c2ccc(-c3cn(C)c4ncnc(N)c34)c(F)c2)CC1c1cc(F)cc(C(F)(F)F)c1. The van der Waals surface area contributed by atoms with E-state index in [0.717, 1.165) is 18.2 Å². The molecule has 1 saturated heterocycles. The van der Waals surface area contributed by atoms with Gasteiger partial charge in [0.25, 0.3) is 0 Å². The fourth-order valence-electron chi connectivity index (χ4n) is 4.54. The summed E-state index contributed by atoms with van der Waals surface area (Å²) in [5.74, 6) is -1.52. The minimum atomic E-state index is -4.74. The van der Waals surface area contributed by atoms with Gasteiger partial charge in [-0.1, -0.05) is 0 Å². The van der Waals surface area contributed by atoms with E-state index in [1.807, 2.05) is 0 Å². The molecule has 12 heteroatoms. The van der Waals surface area contributed by atoms with E-state index in [0.29, 0.717) is 22.7 Å². The Morgan fingerprint density at radius 2 is 1.78 bits per heavy atom. The first-order valence-corrected chi connectivity index (χ1v) is 10.7. The van der Waals surface area contributed by atoms with Crippen molar-refractivity contribution in [3.8, 4) is 11.1 Å². The van der Waals surface area contributed by atoms with Crippen molar-refractivity contribution in [3.05, 3.63) is 71.7 Å². The predicted molar refractivity (Wildman–Crippen MR) is 123 cm³/mol. The fourth-order valence-corrected chi connectivity index (χ4v) is 4.54. The van der Waals surface area contributed by atoms with Gasteiger partial charge in [-0.05, 0) is 42.0 Å². The zero-order valence-corrected chi connectivity index (χ0v) is 19.0. The van der Waals surface area contributed by atoms with Crippen LogP contribution in [0.3, 0.4) is 0 Å². The lowest BCUT2D eigenvalue weighted by molar-refractivity contribution is -0.137. The third-order valence-electron chi connectivity index (χ3n) is 6.33. The number of urea groups is 1. The Labute approximate surface area is 201 Å². The molecule has 2 N–H and O–H groups in total. The number of nitrogens with zero attached hydrogens (tertiary/aromatic N) is 5. The van der Waals surface area contributed by atoms with Crippen LogP contribution in [0, 0.1) is 11.6 Å². The zero-order valence-electron chi connectivity index (χ0n) is 19.0. The van der Waals surface area contributed by atoms with Crippen molar-refractivity contribution in [2.45, 2.75) is 12.2 Å². The summed E-state index contributed by atoms with van der Waals surface area (Å²) >= 11 is 0. The lowest BCUT2D eigenvalue weighted by Crippen LogP contribution is -2.29. The Bertz CT molecular complexity index is 1520. The number of halogens is 5. The van der Waals surface area contributed by atoms with Crippen molar-refractivity contribution in [2.75, 3.05) is 24.2 Å². The minimum absolute atomic E-state index is 0.0102. The predicted octanol–water partition coefficient (Wildman–Crippen LogP) is 5.13. The molecule has 1 unspecified atom stereocenters. The molecule has 0 spiro atoms. The second-order valence-electron chi connectivity index (χ2n) is 8.57. The number of nitrogen functional groups attached to an aromatic ring is 1. The fraction of sp³-hybridized carbons (Fsp3) is 0.208. The van der Waals surface area contributed by atoms with Crippen LogP contribution in [0.1, 0.15) is 17.2 Å². The molecular formula is C24H19F5N6O. The maximum atomic E-state index is 15.3. The van der Waals surface area contributed by atoms with Crippen molar-refractivity contribution in [3.63, 3.8) is 0 Å². The molecule has 1 aliphatic rings. The molecule has 0 aliphatic carbocycles. The summed E-state index contributed by atoms with van der Waals surface area (Å²) in [7, 11) is 3.13. The van der Waals surface area contributed by atoms with E-state index in [4.69, 9.17) is 5.73 Å². The summed E-state index contributed by atoms with van der Waals surface area (Å²) in [5, 5.41) is 0.482. The van der Waals surface area contributed by atoms with Gasteiger partial charge in [0.15, 0.2) is 0 Å². The van der Waals surface area contributed by atoms with E-state index < -0.39 is 35.4 Å². The first-order valence-electron chi connectivity index (χ1n) is 10.7. The van der Waals surface area contributed by atoms with E-state index in [1.54, 1.807) is 17.8 Å². The van der Waals surface area contributed by atoms with Crippen LogP contribution >= 0.6 is 0 Å². The average molecular weight is 502 g/mol. The summed E-state index contributed by atoms with van der Waals surface area (Å²) in [6.45, 7) is -0.0933. The second-order valence-corrected chi connectivity index (χ2v) is 8.57. The largest absolute Gasteiger partial charge is 0.416 e. The molecule has 0 radical (unpaired) electrons. The number of amides is 2. The molecular weight excluding hydrogens is 483 g/mol. The number of nitrogens with two attached hydrogens (primary N) is 1. The number of hydrogen-bond donors (Lipinski definition) is 1. The van der Waals surface area contributed by atoms with Crippen molar-refractivity contribution in [2.24, 2.45) is 7.05 Å². The number of carbonyl (C=O) groups excluding carboxylic acids is 1. The second kappa shape index (κ2) is 8.18. The number of anilines is 2. The van der Waals surface area contributed by atoms with E-state index >= 15 is 4.39 Å². The van der Waals surface area contributed by atoms with Crippen LogP contribution in [0.5, 0.6) is 0 Å². The van der Waals surface area contributed by atoms with Gasteiger partial charge in [0.2, 0.25) is 0 Å². The number of aromatic nitrogens is 3. The van der Waals surface area contributed by atoms with E-state index in [1.165, 1.54) is 35.3 Å². The van der Waals surface area contributed by atoms with Crippen LogP contribution in [0.25, 0.3) is 22.2 Å². The van der Waals surface area contributed by atoms with Gasteiger partial charge in [0.1, 0.15) is 29.4 Å². The van der Waals surface area contributed by atoms with Gasteiger partial charge in [0, 0.05) is 37.1 Å². The highest BCUT2D eigenvalue weighted by Gasteiger charge is 2.39. The molecule has 7 nitrogen and oxygen atoms in total. The van der Waals surface area contributed by atoms with Crippen LogP contribution in [0.2, 0.25) is 0 Å². The summed E-state index contributed by atoms with van der Waals surface area (Å²) in [6, 6.07) is 4.92. The molecule has 1 fully saturated rings. The quantitative estimate of drug-likeness (QED) is 0.394. The van der Waals surface area contributed by atoms with Gasteiger partial charge >= 0.3 is 12.2 Å². The Kier molecular flexibility index (Phi) is 5.34. The summed E-state index contributed by atoms with van der Waals surface area (Å²) in [6.07, 6.45) is -1.77. The normalized spacial score (nSPS) is 16.4. The molecule has 36 heavy (non-hydrogen) atoms. The van der Waals surface area contributed by atoms with Crippen LogP contribution in [0.15, 0.2) is 48.9 Å². The molecule has 1 aliphatic heterocycles. The Morgan fingerprint density at radius 3 is 2.47 bits per heavy atom. The first-order chi connectivity index (χ1) is 17.0. The van der Waals surface area contributed by atoms with E-state index in [-0.39, 0.29) is 29.2 Å². The van der Waals surface area contributed by atoms with Crippen LogP contribution in [-0.4, -0.2) is 39.1 Å². The van der Waals surface area contributed by atoms with Gasteiger partial charge < -0.3 is 15.2 Å². The van der Waals surface area contributed by atoms with Gasteiger partial charge in [-0.2, -0.15) is 13.2 Å². The highest BCUT2D eigenvalue weighted by atomic mass is 19.4. The molecule has 4 aromatic rings.